The van der Waals surface area contributed by atoms with E-state index in [0.29, 0.717) is 41.5 Å². The van der Waals surface area contributed by atoms with E-state index in [-0.39, 0.29) is 5.41 Å². The predicted molar refractivity (Wildman–Crippen MR) is 133 cm³/mol. The van der Waals surface area contributed by atoms with E-state index in [4.69, 9.17) is 4.84 Å². The standard InChI is InChI=1S/C28H45N3O3/c1-17-13-20(29-15-17)16-30-26(33)34-31-18(2)23-7-8-24-22-6-5-19-14-21(32)9-11-27(19,3)25(22)10-12-28(23,24)4/h17,19-20,22-25,29H,5-16H2,1-4H3,(H,30,33)/b31-18+/t17?,19-,20?,22+,23-,24+,25+,27+,28-/m1/s1. The summed E-state index contributed by atoms with van der Waals surface area (Å²) in [6, 6.07) is 0.330. The van der Waals surface area contributed by atoms with Gasteiger partial charge >= 0.3 is 6.09 Å². The van der Waals surface area contributed by atoms with Gasteiger partial charge in [-0.2, -0.15) is 0 Å². The molecule has 4 aliphatic carbocycles. The van der Waals surface area contributed by atoms with Gasteiger partial charge in [-0.1, -0.05) is 25.9 Å². The Labute approximate surface area is 205 Å². The molecule has 34 heavy (non-hydrogen) atoms. The molecule has 5 aliphatic rings. The summed E-state index contributed by atoms with van der Waals surface area (Å²) in [4.78, 5) is 29.7. The zero-order chi connectivity index (χ0) is 24.1. The molecule has 5 rings (SSSR count). The molecule has 1 heterocycles. The number of hydrogen-bond donors (Lipinski definition) is 2. The molecule has 190 valence electrons. The second kappa shape index (κ2) is 9.22. The van der Waals surface area contributed by atoms with Gasteiger partial charge in [-0.15, -0.1) is 0 Å². The van der Waals surface area contributed by atoms with Crippen molar-refractivity contribution in [2.75, 3.05) is 13.1 Å². The molecule has 1 saturated heterocycles. The topological polar surface area (TPSA) is 79.8 Å². The van der Waals surface area contributed by atoms with Gasteiger partial charge < -0.3 is 10.6 Å². The third kappa shape index (κ3) is 4.22. The lowest BCUT2D eigenvalue weighted by molar-refractivity contribution is -0.138. The first-order valence-electron chi connectivity index (χ1n) is 13.9. The molecule has 0 bridgehead atoms. The number of nitrogens with zero attached hydrogens (tertiary/aromatic N) is 1. The fraction of sp³-hybridized carbons (Fsp3) is 0.893. The molecular formula is C28H45N3O3. The van der Waals surface area contributed by atoms with Gasteiger partial charge in [0.1, 0.15) is 5.78 Å². The Hall–Kier alpha value is -1.43. The Morgan fingerprint density at radius 3 is 2.68 bits per heavy atom. The number of carbonyl (C=O) groups is 2. The number of fused-ring (bicyclic) bond motifs is 5. The average molecular weight is 472 g/mol. The van der Waals surface area contributed by atoms with Crippen molar-refractivity contribution < 1.29 is 14.4 Å². The molecule has 0 spiro atoms. The zero-order valence-corrected chi connectivity index (χ0v) is 21.7. The van der Waals surface area contributed by atoms with Crippen LogP contribution in [0.25, 0.3) is 0 Å². The van der Waals surface area contributed by atoms with E-state index in [0.717, 1.165) is 62.1 Å². The van der Waals surface area contributed by atoms with Crippen LogP contribution in [0.15, 0.2) is 5.16 Å². The third-order valence-corrected chi connectivity index (χ3v) is 11.2. The largest absolute Gasteiger partial charge is 0.433 e. The Bertz CT molecular complexity index is 843. The van der Waals surface area contributed by atoms with Gasteiger partial charge in [0, 0.05) is 31.3 Å². The van der Waals surface area contributed by atoms with Crippen LogP contribution in [0.2, 0.25) is 0 Å². The normalized spacial score (nSPS) is 46.4. The fourth-order valence-electron chi connectivity index (χ4n) is 9.32. The molecule has 0 aromatic heterocycles. The number of ketones is 1. The minimum absolute atomic E-state index is 0.242. The summed E-state index contributed by atoms with van der Waals surface area (Å²) >= 11 is 0. The Morgan fingerprint density at radius 1 is 1.12 bits per heavy atom. The Balaban J connectivity index is 1.21. The zero-order valence-electron chi connectivity index (χ0n) is 21.7. The third-order valence-electron chi connectivity index (χ3n) is 11.2. The number of hydrogen-bond acceptors (Lipinski definition) is 5. The second-order valence-electron chi connectivity index (χ2n) is 13.0. The van der Waals surface area contributed by atoms with Crippen molar-refractivity contribution >= 4 is 17.6 Å². The van der Waals surface area contributed by atoms with Crippen LogP contribution in [0.5, 0.6) is 0 Å². The van der Waals surface area contributed by atoms with Gasteiger partial charge in [0.05, 0.1) is 5.71 Å². The van der Waals surface area contributed by atoms with E-state index >= 15 is 0 Å². The summed E-state index contributed by atoms with van der Waals surface area (Å²) < 4.78 is 0. The van der Waals surface area contributed by atoms with E-state index < -0.39 is 6.09 Å². The maximum atomic E-state index is 12.3. The van der Waals surface area contributed by atoms with Crippen molar-refractivity contribution in [3.05, 3.63) is 0 Å². The van der Waals surface area contributed by atoms with Crippen LogP contribution < -0.4 is 10.6 Å². The molecule has 1 aliphatic heterocycles. The van der Waals surface area contributed by atoms with Crippen molar-refractivity contribution in [1.82, 2.24) is 10.6 Å². The fourth-order valence-corrected chi connectivity index (χ4v) is 9.32. The highest BCUT2D eigenvalue weighted by molar-refractivity contribution is 5.85. The SMILES string of the molecule is C/C(=N\OC(=O)NCC1CC(C)CN1)[C@H]1CC[C@H]2[C@@H]3CC[C@@H]4CC(=O)CC[C@]4(C)[C@H]3CC[C@]12C. The van der Waals surface area contributed by atoms with E-state index in [1.807, 2.05) is 0 Å². The molecule has 6 heteroatoms. The molecular weight excluding hydrogens is 426 g/mol. The quantitative estimate of drug-likeness (QED) is 0.331. The molecule has 2 unspecified atom stereocenters. The maximum Gasteiger partial charge on any atom is 0.433 e. The summed E-state index contributed by atoms with van der Waals surface area (Å²) in [6.45, 7) is 10.9. The molecule has 0 radical (unpaired) electrons. The van der Waals surface area contributed by atoms with Gasteiger partial charge in [0.2, 0.25) is 0 Å². The first-order chi connectivity index (χ1) is 16.2. The van der Waals surface area contributed by atoms with Crippen molar-refractivity contribution in [2.45, 2.75) is 97.9 Å². The lowest BCUT2D eigenvalue weighted by Gasteiger charge is -2.60. The van der Waals surface area contributed by atoms with E-state index in [2.05, 4.69) is 43.5 Å². The molecule has 1 amide bonds. The predicted octanol–water partition coefficient (Wildman–Crippen LogP) is 5.31. The maximum absolute atomic E-state index is 12.3. The second-order valence-corrected chi connectivity index (χ2v) is 13.0. The van der Waals surface area contributed by atoms with Gasteiger partial charge in [-0.3, -0.25) is 9.63 Å². The minimum Gasteiger partial charge on any atom is -0.318 e. The first-order valence-corrected chi connectivity index (χ1v) is 13.9. The highest BCUT2D eigenvalue weighted by atomic mass is 16.7. The first kappa shape index (κ1) is 24.3. The highest BCUT2D eigenvalue weighted by Gasteiger charge is 2.60. The van der Waals surface area contributed by atoms with Crippen LogP contribution in [0, 0.1) is 46.3 Å². The molecule has 4 saturated carbocycles. The lowest BCUT2D eigenvalue weighted by Crippen LogP contribution is -2.53. The molecule has 0 aromatic rings. The van der Waals surface area contributed by atoms with Crippen molar-refractivity contribution in [1.29, 1.82) is 0 Å². The molecule has 0 aromatic carbocycles. The number of Topliss-reactive ketones (excluding diaryl/α,β-unsaturated/α-hetero) is 1. The number of oxime groups is 1. The van der Waals surface area contributed by atoms with Crippen LogP contribution in [0.1, 0.15) is 91.9 Å². The highest BCUT2D eigenvalue weighted by Crippen LogP contribution is 2.67. The number of rotatable bonds is 4. The summed E-state index contributed by atoms with van der Waals surface area (Å²) in [5.74, 6) is 4.41. The smallest absolute Gasteiger partial charge is 0.318 e. The molecule has 9 atom stereocenters. The minimum atomic E-state index is -0.442. The summed E-state index contributed by atoms with van der Waals surface area (Å²) in [5, 5.41) is 10.6. The van der Waals surface area contributed by atoms with Crippen molar-refractivity contribution in [2.24, 2.45) is 51.5 Å². The molecule has 5 fully saturated rings. The summed E-state index contributed by atoms with van der Waals surface area (Å²) in [6.07, 6.45) is 10.8. The Kier molecular flexibility index (Phi) is 6.58. The van der Waals surface area contributed by atoms with Crippen LogP contribution >= 0.6 is 0 Å². The van der Waals surface area contributed by atoms with E-state index in [9.17, 15) is 9.59 Å². The van der Waals surface area contributed by atoms with Gasteiger partial charge in [0.15, 0.2) is 0 Å². The van der Waals surface area contributed by atoms with Crippen LogP contribution in [0.4, 0.5) is 4.79 Å². The van der Waals surface area contributed by atoms with Crippen molar-refractivity contribution in [3.8, 4) is 0 Å². The van der Waals surface area contributed by atoms with Crippen LogP contribution in [-0.2, 0) is 9.63 Å². The number of carbonyl (C=O) groups excluding carboxylic acids is 2. The summed E-state index contributed by atoms with van der Waals surface area (Å²) in [5.41, 5.74) is 1.58. The number of nitrogens with one attached hydrogen (secondary N) is 2. The molecule has 2 N–H and O–H groups in total. The van der Waals surface area contributed by atoms with Crippen LogP contribution in [0.3, 0.4) is 0 Å². The molecule has 6 nitrogen and oxygen atoms in total. The van der Waals surface area contributed by atoms with Crippen LogP contribution in [-0.4, -0.2) is 36.7 Å². The van der Waals surface area contributed by atoms with Crippen molar-refractivity contribution in [3.63, 3.8) is 0 Å². The van der Waals surface area contributed by atoms with Gasteiger partial charge in [-0.25, -0.2) is 4.79 Å². The summed E-state index contributed by atoms with van der Waals surface area (Å²) in [7, 11) is 0. The van der Waals surface area contributed by atoms with Gasteiger partial charge in [0.25, 0.3) is 0 Å². The van der Waals surface area contributed by atoms with E-state index in [1.54, 1.807) is 0 Å². The Morgan fingerprint density at radius 2 is 1.91 bits per heavy atom. The number of amides is 1. The average Bonchev–Trinajstić information content (AvgIpc) is 3.39. The van der Waals surface area contributed by atoms with E-state index in [1.165, 1.54) is 32.1 Å². The lowest BCUT2D eigenvalue weighted by atomic mass is 9.44. The van der Waals surface area contributed by atoms with Gasteiger partial charge in [-0.05, 0) is 105 Å². The monoisotopic (exact) mass is 471 g/mol.